The highest BCUT2D eigenvalue weighted by atomic mass is 79.9. The van der Waals surface area contributed by atoms with Crippen molar-refractivity contribution < 1.29 is 14.0 Å². The molecule has 2 heterocycles. The van der Waals surface area contributed by atoms with Gasteiger partial charge < -0.3 is 14.0 Å². The molecular formula is C14H19BBrNO3. The van der Waals surface area contributed by atoms with Crippen molar-refractivity contribution in [3.05, 3.63) is 16.7 Å². The van der Waals surface area contributed by atoms with Gasteiger partial charge in [0.2, 0.25) is 0 Å². The van der Waals surface area contributed by atoms with Gasteiger partial charge in [0.15, 0.2) is 0 Å². The molecule has 0 unspecified atom stereocenters. The van der Waals surface area contributed by atoms with Crippen LogP contribution in [0.25, 0.3) is 0 Å². The average Bonchev–Trinajstić information content (AvgIpc) is 3.10. The molecule has 0 N–H and O–H groups in total. The van der Waals surface area contributed by atoms with Crippen LogP contribution in [0, 0.1) is 0 Å². The number of hydrogen-bond acceptors (Lipinski definition) is 4. The third-order valence-electron chi connectivity index (χ3n) is 4.18. The second-order valence-corrected chi connectivity index (χ2v) is 7.21. The van der Waals surface area contributed by atoms with E-state index in [1.165, 1.54) is 0 Å². The molecule has 1 aromatic heterocycles. The zero-order valence-electron chi connectivity index (χ0n) is 12.3. The Bertz CT molecular complexity index is 515. The Morgan fingerprint density at radius 1 is 1.25 bits per heavy atom. The topological polar surface area (TPSA) is 40.6 Å². The van der Waals surface area contributed by atoms with E-state index in [9.17, 15) is 0 Å². The predicted octanol–water partition coefficient (Wildman–Crippen LogP) is 2.68. The van der Waals surface area contributed by atoms with Crippen molar-refractivity contribution in [1.82, 2.24) is 4.98 Å². The van der Waals surface area contributed by atoms with E-state index in [4.69, 9.17) is 14.0 Å². The van der Waals surface area contributed by atoms with Crippen LogP contribution in [0.1, 0.15) is 40.5 Å². The van der Waals surface area contributed by atoms with Gasteiger partial charge in [-0.15, -0.1) is 0 Å². The Kier molecular flexibility index (Phi) is 3.38. The third-order valence-corrected chi connectivity index (χ3v) is 4.97. The van der Waals surface area contributed by atoms with Gasteiger partial charge in [-0.1, -0.05) is 0 Å². The van der Waals surface area contributed by atoms with E-state index in [2.05, 4.69) is 20.9 Å². The third kappa shape index (κ3) is 2.49. The number of halogens is 1. The predicted molar refractivity (Wildman–Crippen MR) is 81.3 cm³/mol. The van der Waals surface area contributed by atoms with Crippen LogP contribution in [0.2, 0.25) is 0 Å². The molecule has 1 saturated carbocycles. The molecule has 1 saturated heterocycles. The summed E-state index contributed by atoms with van der Waals surface area (Å²) in [5, 5.41) is 0. The minimum absolute atomic E-state index is 0.347. The molecule has 2 aliphatic rings. The van der Waals surface area contributed by atoms with E-state index in [1.54, 1.807) is 6.20 Å². The standard InChI is InChI=1S/C14H19BBrNO3/c1-13(2)14(3,4)20-15(19-13)12-11(16)10(7-8-17-12)18-9-5-6-9/h7-9H,5-6H2,1-4H3. The van der Waals surface area contributed by atoms with E-state index < -0.39 is 7.12 Å². The summed E-state index contributed by atoms with van der Waals surface area (Å²) < 4.78 is 18.8. The Balaban J connectivity index is 1.87. The zero-order valence-corrected chi connectivity index (χ0v) is 13.9. The molecule has 0 bridgehead atoms. The molecule has 108 valence electrons. The van der Waals surface area contributed by atoms with E-state index in [0.29, 0.717) is 6.10 Å². The number of rotatable bonds is 3. The molecule has 0 aromatic carbocycles. The van der Waals surface area contributed by atoms with Gasteiger partial charge in [-0.3, -0.25) is 4.98 Å². The Morgan fingerprint density at radius 3 is 2.40 bits per heavy atom. The molecule has 0 spiro atoms. The maximum atomic E-state index is 6.04. The lowest BCUT2D eigenvalue weighted by Gasteiger charge is -2.32. The van der Waals surface area contributed by atoms with E-state index >= 15 is 0 Å². The average molecular weight is 340 g/mol. The smallest absolute Gasteiger partial charge is 0.489 e. The lowest BCUT2D eigenvalue weighted by Crippen LogP contribution is -2.41. The lowest BCUT2D eigenvalue weighted by molar-refractivity contribution is 0.00578. The second kappa shape index (κ2) is 4.72. The van der Waals surface area contributed by atoms with Gasteiger partial charge >= 0.3 is 7.12 Å². The van der Waals surface area contributed by atoms with Crippen molar-refractivity contribution in [1.29, 1.82) is 0 Å². The van der Waals surface area contributed by atoms with Crippen LogP contribution >= 0.6 is 15.9 Å². The van der Waals surface area contributed by atoms with Crippen molar-refractivity contribution in [3.63, 3.8) is 0 Å². The van der Waals surface area contributed by atoms with Gasteiger partial charge in [0.05, 0.1) is 27.4 Å². The van der Waals surface area contributed by atoms with Crippen LogP contribution in [0.5, 0.6) is 5.75 Å². The van der Waals surface area contributed by atoms with Gasteiger partial charge in [-0.05, 0) is 62.5 Å². The highest BCUT2D eigenvalue weighted by Crippen LogP contribution is 2.38. The fraction of sp³-hybridized carbons (Fsp3) is 0.643. The summed E-state index contributed by atoms with van der Waals surface area (Å²) in [6.45, 7) is 8.13. The quantitative estimate of drug-likeness (QED) is 0.794. The molecule has 20 heavy (non-hydrogen) atoms. The summed E-state index contributed by atoms with van der Waals surface area (Å²) in [5.41, 5.74) is -0.0000377. The molecule has 1 aliphatic heterocycles. The first-order valence-corrected chi connectivity index (χ1v) is 7.76. The minimum atomic E-state index is -0.475. The first kappa shape index (κ1) is 14.4. The molecule has 0 atom stereocenters. The molecule has 4 nitrogen and oxygen atoms in total. The maximum Gasteiger partial charge on any atom is 0.515 e. The Hall–Kier alpha value is -0.585. The number of pyridine rings is 1. The largest absolute Gasteiger partial charge is 0.515 e. The summed E-state index contributed by atoms with van der Waals surface area (Å²) in [5.74, 6) is 0.812. The second-order valence-electron chi connectivity index (χ2n) is 6.41. The summed E-state index contributed by atoms with van der Waals surface area (Å²) >= 11 is 3.58. The molecule has 0 radical (unpaired) electrons. The summed E-state index contributed by atoms with van der Waals surface area (Å²) in [6.07, 6.45) is 4.34. The monoisotopic (exact) mass is 339 g/mol. The molecule has 3 rings (SSSR count). The molecule has 6 heteroatoms. The van der Waals surface area contributed by atoms with Crippen molar-refractivity contribution in [3.8, 4) is 5.75 Å². The van der Waals surface area contributed by atoms with Gasteiger partial charge in [-0.2, -0.15) is 0 Å². The molecule has 1 aliphatic carbocycles. The first-order valence-electron chi connectivity index (χ1n) is 6.97. The van der Waals surface area contributed by atoms with Crippen molar-refractivity contribution in [2.45, 2.75) is 57.8 Å². The van der Waals surface area contributed by atoms with Crippen molar-refractivity contribution in [2.75, 3.05) is 0 Å². The lowest BCUT2D eigenvalue weighted by atomic mass is 9.84. The van der Waals surface area contributed by atoms with E-state index in [0.717, 1.165) is 28.7 Å². The SMILES string of the molecule is CC1(C)OB(c2nccc(OC3CC3)c2Br)OC1(C)C. The highest BCUT2D eigenvalue weighted by molar-refractivity contribution is 9.10. The van der Waals surface area contributed by atoms with Gasteiger partial charge in [-0.25, -0.2) is 0 Å². The normalized spacial score (nSPS) is 23.9. The number of aromatic nitrogens is 1. The molecule has 1 aromatic rings. The summed E-state index contributed by atoms with van der Waals surface area (Å²) in [7, 11) is -0.475. The van der Waals surface area contributed by atoms with Crippen molar-refractivity contribution >= 4 is 28.6 Å². The Labute approximate surface area is 128 Å². The van der Waals surface area contributed by atoms with Gasteiger partial charge in [0, 0.05) is 6.20 Å². The fourth-order valence-electron chi connectivity index (χ4n) is 2.02. The van der Waals surface area contributed by atoms with Crippen LogP contribution in [0.15, 0.2) is 16.7 Å². The van der Waals surface area contributed by atoms with Crippen LogP contribution < -0.4 is 10.3 Å². The van der Waals surface area contributed by atoms with Crippen LogP contribution in [-0.2, 0) is 9.31 Å². The number of hydrogen-bond donors (Lipinski definition) is 0. The summed E-state index contributed by atoms with van der Waals surface area (Å²) in [4.78, 5) is 4.40. The minimum Gasteiger partial charge on any atom is -0.489 e. The fourth-order valence-corrected chi connectivity index (χ4v) is 2.53. The van der Waals surface area contributed by atoms with Gasteiger partial charge in [0.25, 0.3) is 0 Å². The molecular weight excluding hydrogens is 321 g/mol. The highest BCUT2D eigenvalue weighted by Gasteiger charge is 2.53. The molecule has 2 fully saturated rings. The maximum absolute atomic E-state index is 6.04. The number of nitrogens with zero attached hydrogens (tertiary/aromatic N) is 1. The van der Waals surface area contributed by atoms with Crippen molar-refractivity contribution in [2.24, 2.45) is 0 Å². The van der Waals surface area contributed by atoms with Crippen LogP contribution in [-0.4, -0.2) is 29.4 Å². The van der Waals surface area contributed by atoms with Crippen LogP contribution in [0.3, 0.4) is 0 Å². The summed E-state index contributed by atoms with van der Waals surface area (Å²) in [6, 6.07) is 1.87. The molecule has 0 amide bonds. The van der Waals surface area contributed by atoms with E-state index in [1.807, 2.05) is 33.8 Å². The van der Waals surface area contributed by atoms with E-state index in [-0.39, 0.29) is 11.2 Å². The van der Waals surface area contributed by atoms with Crippen LogP contribution in [0.4, 0.5) is 0 Å². The first-order chi connectivity index (χ1) is 9.30. The number of ether oxygens (including phenoxy) is 1. The van der Waals surface area contributed by atoms with Gasteiger partial charge in [0.1, 0.15) is 5.75 Å². The zero-order chi connectivity index (χ0) is 14.5. The Morgan fingerprint density at radius 2 is 1.85 bits per heavy atom.